The number of hydrogen-bond acceptors (Lipinski definition) is 2. The molecular weight excluding hydrogens is 212 g/mol. The van der Waals surface area contributed by atoms with Crippen LogP contribution >= 0.6 is 12.4 Å². The molecule has 3 N–H and O–H groups in total. The van der Waals surface area contributed by atoms with Crippen molar-refractivity contribution in [2.45, 2.75) is 18.9 Å². The number of carbonyl (C=O) groups excluding carboxylic acids is 1. The van der Waals surface area contributed by atoms with Crippen molar-refractivity contribution in [1.29, 1.82) is 0 Å². The van der Waals surface area contributed by atoms with E-state index in [0.717, 1.165) is 5.56 Å². The molecule has 0 saturated carbocycles. The Morgan fingerprint density at radius 2 is 2.00 bits per heavy atom. The molecule has 1 amide bonds. The summed E-state index contributed by atoms with van der Waals surface area (Å²) in [6.45, 7) is 0. The van der Waals surface area contributed by atoms with Gasteiger partial charge in [-0.15, -0.1) is 12.4 Å². The van der Waals surface area contributed by atoms with Crippen LogP contribution in [0.15, 0.2) is 30.3 Å². The molecule has 0 fully saturated rings. The van der Waals surface area contributed by atoms with Crippen molar-refractivity contribution >= 4 is 18.3 Å². The van der Waals surface area contributed by atoms with Crippen LogP contribution in [0.25, 0.3) is 0 Å². The molecule has 0 aliphatic carbocycles. The summed E-state index contributed by atoms with van der Waals surface area (Å²) in [5, 5.41) is 2.58. The van der Waals surface area contributed by atoms with Crippen LogP contribution in [-0.2, 0) is 4.79 Å². The number of nitrogens with two attached hydrogens (primary N) is 1. The molecule has 0 aliphatic rings. The molecule has 1 aromatic rings. The van der Waals surface area contributed by atoms with Crippen LogP contribution in [0, 0.1) is 0 Å². The van der Waals surface area contributed by atoms with E-state index in [1.165, 1.54) is 0 Å². The van der Waals surface area contributed by atoms with E-state index in [0.29, 0.717) is 12.8 Å². The Hall–Kier alpha value is -1.06. The molecule has 0 heterocycles. The van der Waals surface area contributed by atoms with Gasteiger partial charge in [0.2, 0.25) is 5.91 Å². The average Bonchev–Trinajstić information content (AvgIpc) is 2.26. The molecule has 84 valence electrons. The van der Waals surface area contributed by atoms with Gasteiger partial charge in [0.15, 0.2) is 0 Å². The summed E-state index contributed by atoms with van der Waals surface area (Å²) < 4.78 is 0. The summed E-state index contributed by atoms with van der Waals surface area (Å²) in [4.78, 5) is 11.0. The molecule has 0 aromatic heterocycles. The van der Waals surface area contributed by atoms with E-state index in [9.17, 15) is 4.79 Å². The van der Waals surface area contributed by atoms with Crippen molar-refractivity contribution in [2.75, 3.05) is 7.05 Å². The zero-order valence-electron chi connectivity index (χ0n) is 8.77. The van der Waals surface area contributed by atoms with Gasteiger partial charge >= 0.3 is 0 Å². The lowest BCUT2D eigenvalue weighted by molar-refractivity contribution is -0.120. The smallest absolute Gasteiger partial charge is 0.219 e. The molecule has 0 aliphatic heterocycles. The second-order valence-electron chi connectivity index (χ2n) is 3.23. The molecule has 0 radical (unpaired) electrons. The fraction of sp³-hybridized carbons (Fsp3) is 0.364. The maximum Gasteiger partial charge on any atom is 0.219 e. The van der Waals surface area contributed by atoms with Crippen molar-refractivity contribution in [3.05, 3.63) is 35.9 Å². The predicted molar refractivity (Wildman–Crippen MR) is 63.9 cm³/mol. The minimum Gasteiger partial charge on any atom is -0.359 e. The van der Waals surface area contributed by atoms with Gasteiger partial charge in [0.05, 0.1) is 0 Å². The van der Waals surface area contributed by atoms with Crippen LogP contribution in [0.4, 0.5) is 0 Å². The fourth-order valence-electron chi connectivity index (χ4n) is 1.28. The number of amides is 1. The number of carbonyl (C=O) groups is 1. The van der Waals surface area contributed by atoms with Crippen LogP contribution in [-0.4, -0.2) is 13.0 Å². The highest BCUT2D eigenvalue weighted by Crippen LogP contribution is 2.14. The largest absolute Gasteiger partial charge is 0.359 e. The van der Waals surface area contributed by atoms with Crippen LogP contribution in [0.2, 0.25) is 0 Å². The molecule has 15 heavy (non-hydrogen) atoms. The normalized spacial score (nSPS) is 11.3. The zero-order valence-corrected chi connectivity index (χ0v) is 9.59. The van der Waals surface area contributed by atoms with E-state index in [-0.39, 0.29) is 24.4 Å². The number of benzene rings is 1. The highest BCUT2D eigenvalue weighted by atomic mass is 35.5. The van der Waals surface area contributed by atoms with E-state index in [1.807, 2.05) is 30.3 Å². The van der Waals surface area contributed by atoms with Gasteiger partial charge in [-0.25, -0.2) is 0 Å². The number of halogens is 1. The molecule has 4 heteroatoms. The van der Waals surface area contributed by atoms with E-state index >= 15 is 0 Å². The standard InChI is InChI=1S/C11H16N2O.ClH/c1-13-11(14)8-7-10(12)9-5-3-2-4-6-9;/h2-6,10H,7-8,12H2,1H3,(H,13,14);1H. The lowest BCUT2D eigenvalue weighted by Crippen LogP contribution is -2.20. The number of nitrogens with one attached hydrogen (secondary N) is 1. The van der Waals surface area contributed by atoms with Crippen molar-refractivity contribution in [1.82, 2.24) is 5.32 Å². The first-order valence-corrected chi connectivity index (χ1v) is 4.75. The summed E-state index contributed by atoms with van der Waals surface area (Å²) in [6, 6.07) is 9.77. The SMILES string of the molecule is CNC(=O)CCC(N)c1ccccc1.Cl. The predicted octanol–water partition coefficient (Wildman–Crippen LogP) is 1.63. The van der Waals surface area contributed by atoms with Gasteiger partial charge < -0.3 is 11.1 Å². The van der Waals surface area contributed by atoms with Crippen LogP contribution < -0.4 is 11.1 Å². The van der Waals surface area contributed by atoms with Crippen molar-refractivity contribution in [2.24, 2.45) is 5.73 Å². The summed E-state index contributed by atoms with van der Waals surface area (Å²) in [5.41, 5.74) is 7.00. The first-order valence-electron chi connectivity index (χ1n) is 4.75. The first-order chi connectivity index (χ1) is 6.74. The molecule has 0 spiro atoms. The lowest BCUT2D eigenvalue weighted by atomic mass is 10.0. The highest BCUT2D eigenvalue weighted by Gasteiger charge is 2.07. The molecule has 1 atom stereocenters. The number of hydrogen-bond donors (Lipinski definition) is 2. The van der Waals surface area contributed by atoms with Crippen LogP contribution in [0.1, 0.15) is 24.4 Å². The quantitative estimate of drug-likeness (QED) is 0.823. The van der Waals surface area contributed by atoms with Gasteiger partial charge in [-0.1, -0.05) is 30.3 Å². The van der Waals surface area contributed by atoms with E-state index in [2.05, 4.69) is 5.32 Å². The maximum absolute atomic E-state index is 11.0. The van der Waals surface area contributed by atoms with Crippen molar-refractivity contribution < 1.29 is 4.79 Å². The first kappa shape index (κ1) is 13.9. The Morgan fingerprint density at radius 3 is 2.53 bits per heavy atom. The fourth-order valence-corrected chi connectivity index (χ4v) is 1.28. The topological polar surface area (TPSA) is 55.1 Å². The van der Waals surface area contributed by atoms with Gasteiger partial charge in [-0.2, -0.15) is 0 Å². The second-order valence-corrected chi connectivity index (χ2v) is 3.23. The zero-order chi connectivity index (χ0) is 10.4. The average molecular weight is 229 g/mol. The van der Waals surface area contributed by atoms with Gasteiger partial charge in [-0.05, 0) is 12.0 Å². The summed E-state index contributed by atoms with van der Waals surface area (Å²) >= 11 is 0. The highest BCUT2D eigenvalue weighted by molar-refractivity contribution is 5.85. The van der Waals surface area contributed by atoms with Crippen LogP contribution in [0.3, 0.4) is 0 Å². The monoisotopic (exact) mass is 228 g/mol. The van der Waals surface area contributed by atoms with E-state index in [4.69, 9.17) is 5.73 Å². The maximum atomic E-state index is 11.0. The summed E-state index contributed by atoms with van der Waals surface area (Å²) in [7, 11) is 1.64. The van der Waals surface area contributed by atoms with Crippen molar-refractivity contribution in [3.63, 3.8) is 0 Å². The Kier molecular flexibility index (Phi) is 6.75. The van der Waals surface area contributed by atoms with E-state index in [1.54, 1.807) is 7.05 Å². The van der Waals surface area contributed by atoms with Gasteiger partial charge in [-0.3, -0.25) is 4.79 Å². The summed E-state index contributed by atoms with van der Waals surface area (Å²) in [6.07, 6.45) is 1.16. The third-order valence-corrected chi connectivity index (χ3v) is 2.19. The molecular formula is C11H17ClN2O. The summed E-state index contributed by atoms with van der Waals surface area (Å²) in [5.74, 6) is 0.0383. The second kappa shape index (κ2) is 7.26. The van der Waals surface area contributed by atoms with E-state index < -0.39 is 0 Å². The van der Waals surface area contributed by atoms with Gasteiger partial charge in [0.1, 0.15) is 0 Å². The lowest BCUT2D eigenvalue weighted by Gasteiger charge is -2.10. The molecule has 1 rings (SSSR count). The third kappa shape index (κ3) is 4.81. The molecule has 0 bridgehead atoms. The third-order valence-electron chi connectivity index (χ3n) is 2.19. The molecule has 0 saturated heterocycles. The van der Waals surface area contributed by atoms with Gasteiger partial charge in [0.25, 0.3) is 0 Å². The Bertz CT molecular complexity index is 290. The molecule has 1 aromatic carbocycles. The van der Waals surface area contributed by atoms with Gasteiger partial charge in [0, 0.05) is 19.5 Å². The Morgan fingerprint density at radius 1 is 1.40 bits per heavy atom. The Labute approximate surface area is 96.5 Å². The molecule has 1 unspecified atom stereocenters. The van der Waals surface area contributed by atoms with Crippen molar-refractivity contribution in [3.8, 4) is 0 Å². The van der Waals surface area contributed by atoms with Crippen LogP contribution in [0.5, 0.6) is 0 Å². The molecule has 3 nitrogen and oxygen atoms in total. The number of rotatable bonds is 4. The minimum atomic E-state index is -0.0477. The Balaban J connectivity index is 0.00000196. The minimum absolute atomic E-state index is 0.